The van der Waals surface area contributed by atoms with Crippen molar-refractivity contribution in [3.8, 4) is 0 Å². The highest BCUT2D eigenvalue weighted by molar-refractivity contribution is 9.10. The van der Waals surface area contributed by atoms with Crippen LogP contribution in [0.2, 0.25) is 0 Å². The summed E-state index contributed by atoms with van der Waals surface area (Å²) in [5.41, 5.74) is 8.47. The molecule has 1 aromatic rings. The molecule has 4 heteroatoms. The lowest BCUT2D eigenvalue weighted by atomic mass is 10.1. The summed E-state index contributed by atoms with van der Waals surface area (Å²) in [5, 5.41) is 0. The van der Waals surface area contributed by atoms with Crippen LogP contribution in [0.3, 0.4) is 0 Å². The Morgan fingerprint density at radius 2 is 2.21 bits per heavy atom. The molecular formula is C15H24BrN3. The van der Waals surface area contributed by atoms with Crippen molar-refractivity contribution in [3.63, 3.8) is 0 Å². The number of anilines is 1. The highest BCUT2D eigenvalue weighted by Gasteiger charge is 2.24. The van der Waals surface area contributed by atoms with Crippen LogP contribution in [0.25, 0.3) is 0 Å². The van der Waals surface area contributed by atoms with Crippen LogP contribution in [0.4, 0.5) is 5.69 Å². The maximum Gasteiger partial charge on any atom is 0.0378 e. The molecule has 1 aliphatic rings. The van der Waals surface area contributed by atoms with E-state index < -0.39 is 0 Å². The van der Waals surface area contributed by atoms with E-state index in [2.05, 4.69) is 58.0 Å². The van der Waals surface area contributed by atoms with Gasteiger partial charge in [-0.3, -0.25) is 0 Å². The van der Waals surface area contributed by atoms with Gasteiger partial charge in [-0.1, -0.05) is 22.0 Å². The zero-order valence-corrected chi connectivity index (χ0v) is 13.7. The first-order valence-electron chi connectivity index (χ1n) is 6.92. The summed E-state index contributed by atoms with van der Waals surface area (Å²) in [4.78, 5) is 4.78. The van der Waals surface area contributed by atoms with Crippen LogP contribution in [0, 0.1) is 0 Å². The Balaban J connectivity index is 2.08. The van der Waals surface area contributed by atoms with Crippen molar-refractivity contribution in [2.45, 2.75) is 31.8 Å². The van der Waals surface area contributed by atoms with Gasteiger partial charge < -0.3 is 15.5 Å². The van der Waals surface area contributed by atoms with Gasteiger partial charge in [-0.05, 0) is 51.6 Å². The summed E-state index contributed by atoms with van der Waals surface area (Å²) in [5.74, 6) is 0. The molecule has 1 heterocycles. The van der Waals surface area contributed by atoms with Crippen LogP contribution in [0.5, 0.6) is 0 Å². The molecule has 0 amide bonds. The number of hydrogen-bond donors (Lipinski definition) is 1. The van der Waals surface area contributed by atoms with Crippen LogP contribution < -0.4 is 10.6 Å². The molecule has 2 rings (SSSR count). The lowest BCUT2D eigenvalue weighted by Gasteiger charge is -2.22. The predicted molar refractivity (Wildman–Crippen MR) is 85.8 cm³/mol. The van der Waals surface area contributed by atoms with Crippen molar-refractivity contribution in [1.82, 2.24) is 4.90 Å². The number of nitrogens with two attached hydrogens (primary N) is 1. The minimum atomic E-state index is 0.201. The third kappa shape index (κ3) is 3.71. The quantitative estimate of drug-likeness (QED) is 0.923. The zero-order valence-electron chi connectivity index (χ0n) is 12.1. The smallest absolute Gasteiger partial charge is 0.0378 e. The van der Waals surface area contributed by atoms with E-state index in [4.69, 9.17) is 5.73 Å². The van der Waals surface area contributed by atoms with E-state index in [1.807, 2.05) is 6.92 Å². The van der Waals surface area contributed by atoms with E-state index in [1.54, 1.807) is 0 Å². The number of hydrogen-bond acceptors (Lipinski definition) is 3. The number of likely N-dealkylation sites (N-methyl/N-ethyl adjacent to an activating group) is 1. The van der Waals surface area contributed by atoms with Crippen molar-refractivity contribution in [1.29, 1.82) is 0 Å². The third-order valence-electron chi connectivity index (χ3n) is 3.84. The fourth-order valence-corrected chi connectivity index (χ4v) is 3.17. The Morgan fingerprint density at radius 1 is 1.47 bits per heavy atom. The highest BCUT2D eigenvalue weighted by Crippen LogP contribution is 2.28. The van der Waals surface area contributed by atoms with Gasteiger partial charge in [0.05, 0.1) is 0 Å². The lowest BCUT2D eigenvalue weighted by molar-refractivity contribution is 0.315. The van der Waals surface area contributed by atoms with Gasteiger partial charge in [-0.25, -0.2) is 0 Å². The normalized spacial score (nSPS) is 21.2. The molecule has 0 radical (unpaired) electrons. The standard InChI is InChI=1S/C15H24BrN3/c1-11(17)8-12-4-5-13(9-15(12)16)19-7-6-14(10-19)18(2)3/h4-5,9,11,14H,6-8,10,17H2,1-3H3. The van der Waals surface area contributed by atoms with E-state index in [0.717, 1.165) is 19.5 Å². The van der Waals surface area contributed by atoms with E-state index in [1.165, 1.54) is 22.1 Å². The lowest BCUT2D eigenvalue weighted by Crippen LogP contribution is -2.31. The Bertz CT molecular complexity index is 431. The minimum Gasteiger partial charge on any atom is -0.370 e. The zero-order chi connectivity index (χ0) is 14.0. The topological polar surface area (TPSA) is 32.5 Å². The van der Waals surface area contributed by atoms with Crippen molar-refractivity contribution < 1.29 is 0 Å². The van der Waals surface area contributed by atoms with Crippen molar-refractivity contribution >= 4 is 21.6 Å². The van der Waals surface area contributed by atoms with Gasteiger partial charge in [0.2, 0.25) is 0 Å². The maximum atomic E-state index is 5.87. The molecule has 0 aliphatic carbocycles. The molecule has 0 aromatic heterocycles. The SMILES string of the molecule is CC(N)Cc1ccc(N2CCC(N(C)C)C2)cc1Br. The Labute approximate surface area is 124 Å². The van der Waals surface area contributed by atoms with E-state index in [0.29, 0.717) is 6.04 Å². The van der Waals surface area contributed by atoms with Gasteiger partial charge in [0.1, 0.15) is 0 Å². The second kappa shape index (κ2) is 6.25. The molecule has 1 aromatic carbocycles. The largest absolute Gasteiger partial charge is 0.370 e. The number of nitrogens with zero attached hydrogens (tertiary/aromatic N) is 2. The maximum absolute atomic E-state index is 5.87. The molecule has 0 spiro atoms. The Morgan fingerprint density at radius 3 is 2.74 bits per heavy atom. The summed E-state index contributed by atoms with van der Waals surface area (Å²) in [6, 6.07) is 7.52. The molecule has 106 valence electrons. The van der Waals surface area contributed by atoms with Gasteiger partial charge >= 0.3 is 0 Å². The first-order chi connectivity index (χ1) is 8.97. The highest BCUT2D eigenvalue weighted by atomic mass is 79.9. The molecule has 2 unspecified atom stereocenters. The number of benzene rings is 1. The average molecular weight is 326 g/mol. The summed E-state index contributed by atoms with van der Waals surface area (Å²) in [7, 11) is 4.33. The second-order valence-corrected chi connectivity index (χ2v) is 6.66. The Hall–Kier alpha value is -0.580. The Kier molecular flexibility index (Phi) is 4.87. The monoisotopic (exact) mass is 325 g/mol. The summed E-state index contributed by atoms with van der Waals surface area (Å²) in [6.07, 6.45) is 2.16. The van der Waals surface area contributed by atoms with E-state index in [9.17, 15) is 0 Å². The number of rotatable bonds is 4. The third-order valence-corrected chi connectivity index (χ3v) is 4.58. The van der Waals surface area contributed by atoms with Gasteiger partial charge in [0.25, 0.3) is 0 Å². The molecule has 0 saturated carbocycles. The minimum absolute atomic E-state index is 0.201. The molecule has 1 saturated heterocycles. The molecule has 3 nitrogen and oxygen atoms in total. The van der Waals surface area contributed by atoms with Crippen LogP contribution in [0.1, 0.15) is 18.9 Å². The molecule has 2 N–H and O–H groups in total. The number of halogens is 1. The predicted octanol–water partition coefficient (Wildman–Crippen LogP) is 2.48. The van der Waals surface area contributed by atoms with Gasteiger partial charge in [-0.15, -0.1) is 0 Å². The summed E-state index contributed by atoms with van der Waals surface area (Å²) in [6.45, 7) is 4.30. The van der Waals surface area contributed by atoms with Crippen LogP contribution in [0.15, 0.2) is 22.7 Å². The van der Waals surface area contributed by atoms with Crippen molar-refractivity contribution in [2.24, 2.45) is 5.73 Å². The van der Waals surface area contributed by atoms with Crippen LogP contribution >= 0.6 is 15.9 Å². The second-order valence-electron chi connectivity index (χ2n) is 5.81. The van der Waals surface area contributed by atoms with Crippen molar-refractivity contribution in [3.05, 3.63) is 28.2 Å². The molecule has 1 aliphatic heterocycles. The summed E-state index contributed by atoms with van der Waals surface area (Å²) >= 11 is 3.67. The fraction of sp³-hybridized carbons (Fsp3) is 0.600. The van der Waals surface area contributed by atoms with E-state index >= 15 is 0 Å². The van der Waals surface area contributed by atoms with Crippen molar-refractivity contribution in [2.75, 3.05) is 32.1 Å². The van der Waals surface area contributed by atoms with Crippen LogP contribution in [-0.4, -0.2) is 44.2 Å². The molecule has 0 bridgehead atoms. The average Bonchev–Trinajstić information content (AvgIpc) is 2.80. The van der Waals surface area contributed by atoms with Crippen LogP contribution in [-0.2, 0) is 6.42 Å². The molecule has 19 heavy (non-hydrogen) atoms. The van der Waals surface area contributed by atoms with E-state index in [-0.39, 0.29) is 6.04 Å². The molecule has 1 fully saturated rings. The summed E-state index contributed by atoms with van der Waals surface area (Å²) < 4.78 is 1.18. The van der Waals surface area contributed by atoms with Gasteiger partial charge in [0, 0.05) is 35.3 Å². The van der Waals surface area contributed by atoms with Gasteiger partial charge in [-0.2, -0.15) is 0 Å². The first-order valence-corrected chi connectivity index (χ1v) is 7.72. The first kappa shape index (κ1) is 14.8. The van der Waals surface area contributed by atoms with Gasteiger partial charge in [0.15, 0.2) is 0 Å². The fourth-order valence-electron chi connectivity index (χ4n) is 2.64. The molecular weight excluding hydrogens is 302 g/mol. The molecule has 2 atom stereocenters.